The highest BCUT2D eigenvalue weighted by Crippen LogP contribution is 2.30. The molecule has 0 radical (unpaired) electrons. The molecule has 1 aliphatic rings. The Hall–Kier alpha value is -1.51. The van der Waals surface area contributed by atoms with Gasteiger partial charge < -0.3 is 10.1 Å². The molecule has 0 saturated heterocycles. The summed E-state index contributed by atoms with van der Waals surface area (Å²) in [6, 6.07) is 8.22. The number of methoxy groups -OCH3 is 1. The monoisotopic (exact) mass is 275 g/mol. The van der Waals surface area contributed by atoms with Crippen LogP contribution in [0.2, 0.25) is 0 Å². The number of ether oxygens (including phenoxy) is 1. The standard InChI is InChI=1S/C17H25NO2/c1-13(19)12-17(14-6-4-3-5-7-14)18-15-8-10-16(20-2)11-9-15/h8-11,14,17-18H,3-7,12H2,1-2H3/t17-/m0/s1. The van der Waals surface area contributed by atoms with Gasteiger partial charge in [0.1, 0.15) is 11.5 Å². The van der Waals surface area contributed by atoms with Crippen molar-refractivity contribution >= 4 is 11.5 Å². The third-order valence-corrected chi connectivity index (χ3v) is 4.17. The summed E-state index contributed by atoms with van der Waals surface area (Å²) in [5.41, 5.74) is 1.07. The van der Waals surface area contributed by atoms with Crippen molar-refractivity contribution in [1.82, 2.24) is 0 Å². The summed E-state index contributed by atoms with van der Waals surface area (Å²) < 4.78 is 5.17. The molecule has 3 heteroatoms. The first kappa shape index (κ1) is 14.9. The third-order valence-electron chi connectivity index (χ3n) is 4.17. The number of carbonyl (C=O) groups is 1. The number of ketones is 1. The number of carbonyl (C=O) groups excluding carboxylic acids is 1. The maximum atomic E-state index is 11.5. The Morgan fingerprint density at radius 1 is 1.25 bits per heavy atom. The SMILES string of the molecule is COc1ccc(N[C@@H](CC(C)=O)C2CCCCC2)cc1. The number of hydrogen-bond donors (Lipinski definition) is 1. The number of benzene rings is 1. The zero-order valence-electron chi connectivity index (χ0n) is 12.5. The predicted octanol–water partition coefficient (Wildman–Crippen LogP) is 4.04. The van der Waals surface area contributed by atoms with Crippen molar-refractivity contribution in [3.63, 3.8) is 0 Å². The van der Waals surface area contributed by atoms with Crippen LogP contribution in [0, 0.1) is 5.92 Å². The van der Waals surface area contributed by atoms with Gasteiger partial charge in [0.2, 0.25) is 0 Å². The molecule has 0 amide bonds. The van der Waals surface area contributed by atoms with Crippen LogP contribution in [0.3, 0.4) is 0 Å². The summed E-state index contributed by atoms with van der Waals surface area (Å²) in [7, 11) is 1.67. The van der Waals surface area contributed by atoms with Gasteiger partial charge in [-0.25, -0.2) is 0 Å². The maximum Gasteiger partial charge on any atom is 0.131 e. The van der Waals surface area contributed by atoms with Gasteiger partial charge in [-0.2, -0.15) is 0 Å². The molecule has 110 valence electrons. The van der Waals surface area contributed by atoms with Gasteiger partial charge >= 0.3 is 0 Å². The molecule has 1 fully saturated rings. The van der Waals surface area contributed by atoms with E-state index in [1.54, 1.807) is 14.0 Å². The Labute approximate surface area is 121 Å². The molecular formula is C17H25NO2. The average Bonchev–Trinajstić information content (AvgIpc) is 2.48. The molecule has 1 N–H and O–H groups in total. The fourth-order valence-corrected chi connectivity index (χ4v) is 3.08. The second kappa shape index (κ2) is 7.32. The molecule has 1 aliphatic carbocycles. The number of anilines is 1. The molecule has 0 bridgehead atoms. The van der Waals surface area contributed by atoms with Gasteiger partial charge in [0.05, 0.1) is 7.11 Å². The number of rotatable bonds is 6. The van der Waals surface area contributed by atoms with Crippen LogP contribution >= 0.6 is 0 Å². The molecule has 1 aromatic rings. The van der Waals surface area contributed by atoms with Crippen LogP contribution in [0.25, 0.3) is 0 Å². The summed E-state index contributed by atoms with van der Waals surface area (Å²) in [5, 5.41) is 3.55. The first-order chi connectivity index (χ1) is 9.69. The molecule has 0 heterocycles. The van der Waals surface area contributed by atoms with Crippen molar-refractivity contribution < 1.29 is 9.53 Å². The van der Waals surface area contributed by atoms with Gasteiger partial charge in [0, 0.05) is 18.2 Å². The van der Waals surface area contributed by atoms with Crippen LogP contribution < -0.4 is 10.1 Å². The molecule has 3 nitrogen and oxygen atoms in total. The van der Waals surface area contributed by atoms with Crippen LogP contribution in [-0.2, 0) is 4.79 Å². The van der Waals surface area contributed by atoms with Crippen LogP contribution in [0.15, 0.2) is 24.3 Å². The lowest BCUT2D eigenvalue weighted by Gasteiger charge is -2.31. The Kier molecular flexibility index (Phi) is 5.45. The second-order valence-corrected chi connectivity index (χ2v) is 5.78. The summed E-state index contributed by atoms with van der Waals surface area (Å²) in [4.78, 5) is 11.5. The van der Waals surface area contributed by atoms with E-state index in [0.717, 1.165) is 11.4 Å². The van der Waals surface area contributed by atoms with E-state index in [0.29, 0.717) is 12.3 Å². The van der Waals surface area contributed by atoms with Gasteiger partial charge in [-0.15, -0.1) is 0 Å². The van der Waals surface area contributed by atoms with Gasteiger partial charge in [-0.1, -0.05) is 19.3 Å². The number of Topliss-reactive ketones (excluding diaryl/α,β-unsaturated/α-hetero) is 1. The highest BCUT2D eigenvalue weighted by atomic mass is 16.5. The third kappa shape index (κ3) is 4.26. The maximum absolute atomic E-state index is 11.5. The fraction of sp³-hybridized carbons (Fsp3) is 0.588. The number of hydrogen-bond acceptors (Lipinski definition) is 3. The minimum Gasteiger partial charge on any atom is -0.497 e. The molecule has 0 aromatic heterocycles. The van der Waals surface area contributed by atoms with Crippen molar-refractivity contribution in [2.75, 3.05) is 12.4 Å². The highest BCUT2D eigenvalue weighted by Gasteiger charge is 2.24. The van der Waals surface area contributed by atoms with E-state index >= 15 is 0 Å². The van der Waals surface area contributed by atoms with E-state index in [4.69, 9.17) is 4.74 Å². The lowest BCUT2D eigenvalue weighted by atomic mass is 9.82. The van der Waals surface area contributed by atoms with Crippen molar-refractivity contribution in [3.8, 4) is 5.75 Å². The van der Waals surface area contributed by atoms with Crippen LogP contribution in [0.4, 0.5) is 5.69 Å². The van der Waals surface area contributed by atoms with Gasteiger partial charge in [0.25, 0.3) is 0 Å². The normalized spacial score (nSPS) is 17.5. The molecule has 0 unspecified atom stereocenters. The molecule has 2 rings (SSSR count). The first-order valence-corrected chi connectivity index (χ1v) is 7.59. The lowest BCUT2D eigenvalue weighted by Crippen LogP contribution is -2.32. The van der Waals surface area contributed by atoms with Crippen LogP contribution in [0.1, 0.15) is 45.4 Å². The van der Waals surface area contributed by atoms with E-state index < -0.39 is 0 Å². The summed E-state index contributed by atoms with van der Waals surface area (Å²) in [5.74, 6) is 1.74. The first-order valence-electron chi connectivity index (χ1n) is 7.59. The van der Waals surface area contributed by atoms with E-state index in [9.17, 15) is 4.79 Å². The fourth-order valence-electron chi connectivity index (χ4n) is 3.08. The topological polar surface area (TPSA) is 38.3 Å². The van der Waals surface area contributed by atoms with Gasteiger partial charge in [0.15, 0.2) is 0 Å². The predicted molar refractivity (Wildman–Crippen MR) is 82.3 cm³/mol. The minimum absolute atomic E-state index is 0.265. The van der Waals surface area contributed by atoms with Gasteiger partial charge in [-0.3, -0.25) is 4.79 Å². The molecule has 1 aromatic carbocycles. The Morgan fingerprint density at radius 2 is 1.90 bits per heavy atom. The summed E-state index contributed by atoms with van der Waals surface area (Å²) >= 11 is 0. The van der Waals surface area contributed by atoms with E-state index in [1.807, 2.05) is 24.3 Å². The Bertz CT molecular complexity index is 421. The molecule has 0 aliphatic heterocycles. The largest absolute Gasteiger partial charge is 0.497 e. The van der Waals surface area contributed by atoms with Gasteiger partial charge in [-0.05, 0) is 49.9 Å². The van der Waals surface area contributed by atoms with Crippen molar-refractivity contribution in [1.29, 1.82) is 0 Å². The molecular weight excluding hydrogens is 250 g/mol. The Morgan fingerprint density at radius 3 is 2.45 bits per heavy atom. The molecule has 1 atom stereocenters. The lowest BCUT2D eigenvalue weighted by molar-refractivity contribution is -0.117. The summed E-state index contributed by atoms with van der Waals surface area (Å²) in [6.45, 7) is 1.69. The van der Waals surface area contributed by atoms with Crippen molar-refractivity contribution in [2.24, 2.45) is 5.92 Å². The van der Waals surface area contributed by atoms with E-state index in [1.165, 1.54) is 32.1 Å². The van der Waals surface area contributed by atoms with E-state index in [2.05, 4.69) is 5.32 Å². The zero-order chi connectivity index (χ0) is 14.4. The molecule has 0 spiro atoms. The second-order valence-electron chi connectivity index (χ2n) is 5.78. The zero-order valence-corrected chi connectivity index (χ0v) is 12.5. The molecule has 1 saturated carbocycles. The smallest absolute Gasteiger partial charge is 0.131 e. The van der Waals surface area contributed by atoms with Crippen molar-refractivity contribution in [2.45, 2.75) is 51.5 Å². The van der Waals surface area contributed by atoms with Crippen LogP contribution in [-0.4, -0.2) is 18.9 Å². The van der Waals surface area contributed by atoms with Crippen molar-refractivity contribution in [3.05, 3.63) is 24.3 Å². The van der Waals surface area contributed by atoms with Crippen LogP contribution in [0.5, 0.6) is 5.75 Å². The summed E-state index contributed by atoms with van der Waals surface area (Å²) in [6.07, 6.45) is 7.03. The highest BCUT2D eigenvalue weighted by molar-refractivity contribution is 5.76. The Balaban J connectivity index is 2.03. The number of nitrogens with one attached hydrogen (secondary N) is 1. The minimum atomic E-state index is 0.265. The molecule has 20 heavy (non-hydrogen) atoms. The van der Waals surface area contributed by atoms with E-state index in [-0.39, 0.29) is 11.8 Å². The quantitative estimate of drug-likeness (QED) is 0.851. The average molecular weight is 275 g/mol.